The molecule has 1 aromatic carbocycles. The molecule has 0 unspecified atom stereocenters. The molecule has 2 N–H and O–H groups in total. The Morgan fingerprint density at radius 3 is 2.79 bits per heavy atom. The van der Waals surface area contributed by atoms with Crippen molar-refractivity contribution in [3.8, 4) is 0 Å². The molecule has 0 saturated carbocycles. The molecule has 19 heavy (non-hydrogen) atoms. The summed E-state index contributed by atoms with van der Waals surface area (Å²) in [5.41, 5.74) is 6.47. The summed E-state index contributed by atoms with van der Waals surface area (Å²) in [6.07, 6.45) is 2.94. The Labute approximate surface area is 114 Å². The molecule has 2 rings (SSSR count). The number of pyridine rings is 1. The van der Waals surface area contributed by atoms with Crippen LogP contribution in [-0.4, -0.2) is 17.9 Å². The van der Waals surface area contributed by atoms with E-state index in [1.807, 2.05) is 0 Å². The smallest absolute Gasteiger partial charge is 0.261 e. The maximum Gasteiger partial charge on any atom is 0.261 e. The second-order valence-electron chi connectivity index (χ2n) is 3.92. The molecule has 6 heteroatoms. The summed E-state index contributed by atoms with van der Waals surface area (Å²) in [5.74, 6) is -1.18. The fourth-order valence-electron chi connectivity index (χ4n) is 1.66. The van der Waals surface area contributed by atoms with Crippen LogP contribution in [0.4, 0.5) is 15.8 Å². The summed E-state index contributed by atoms with van der Waals surface area (Å²) in [6, 6.07) is 5.48. The molecule has 0 saturated heterocycles. The first kappa shape index (κ1) is 13.3. The van der Waals surface area contributed by atoms with Crippen molar-refractivity contribution in [2.45, 2.75) is 0 Å². The molecular formula is C13H11ClFN3O. The number of nitrogen functional groups attached to an aromatic ring is 1. The van der Waals surface area contributed by atoms with Crippen molar-refractivity contribution in [1.82, 2.24) is 4.98 Å². The van der Waals surface area contributed by atoms with Crippen molar-refractivity contribution in [2.75, 3.05) is 17.7 Å². The molecule has 0 aliphatic rings. The Balaban J connectivity index is 2.37. The monoisotopic (exact) mass is 279 g/mol. The Hall–Kier alpha value is -2.14. The van der Waals surface area contributed by atoms with Crippen molar-refractivity contribution in [2.24, 2.45) is 0 Å². The molecule has 1 aromatic heterocycles. The van der Waals surface area contributed by atoms with Gasteiger partial charge in [0, 0.05) is 18.3 Å². The average molecular weight is 280 g/mol. The minimum Gasteiger partial charge on any atom is -0.396 e. The van der Waals surface area contributed by atoms with Crippen LogP contribution in [0.3, 0.4) is 0 Å². The van der Waals surface area contributed by atoms with Gasteiger partial charge in [0.1, 0.15) is 5.82 Å². The molecule has 0 radical (unpaired) electrons. The number of nitrogens with two attached hydrogens (primary N) is 1. The van der Waals surface area contributed by atoms with Gasteiger partial charge < -0.3 is 10.6 Å². The van der Waals surface area contributed by atoms with E-state index in [0.29, 0.717) is 11.4 Å². The molecular weight excluding hydrogens is 269 g/mol. The van der Waals surface area contributed by atoms with E-state index in [-0.39, 0.29) is 10.6 Å². The molecule has 0 atom stereocenters. The highest BCUT2D eigenvalue weighted by atomic mass is 35.5. The summed E-state index contributed by atoms with van der Waals surface area (Å²) in [4.78, 5) is 17.3. The van der Waals surface area contributed by atoms with Gasteiger partial charge in [-0.05, 0) is 24.3 Å². The van der Waals surface area contributed by atoms with Gasteiger partial charge in [-0.3, -0.25) is 9.78 Å². The van der Waals surface area contributed by atoms with Crippen molar-refractivity contribution in [1.29, 1.82) is 0 Å². The highest BCUT2D eigenvalue weighted by molar-refractivity contribution is 6.30. The summed E-state index contributed by atoms with van der Waals surface area (Å²) < 4.78 is 13.7. The number of hydrogen-bond donors (Lipinski definition) is 1. The minimum atomic E-state index is -0.669. The standard InChI is InChI=1S/C13H11ClFN3O/c1-18(12-4-5-17-7-11(12)16)13(19)9-3-2-8(14)6-10(9)15/h2-7H,16H2,1H3. The lowest BCUT2D eigenvalue weighted by Crippen LogP contribution is -2.27. The Kier molecular flexibility index (Phi) is 3.66. The molecule has 1 amide bonds. The Morgan fingerprint density at radius 2 is 2.16 bits per heavy atom. The molecule has 1 heterocycles. The van der Waals surface area contributed by atoms with E-state index >= 15 is 0 Å². The van der Waals surface area contributed by atoms with Crippen molar-refractivity contribution in [3.05, 3.63) is 53.1 Å². The van der Waals surface area contributed by atoms with Crippen LogP contribution >= 0.6 is 11.6 Å². The number of amides is 1. The van der Waals surface area contributed by atoms with E-state index in [1.165, 1.54) is 36.5 Å². The minimum absolute atomic E-state index is 0.0666. The van der Waals surface area contributed by atoms with Crippen molar-refractivity contribution >= 4 is 28.9 Å². The van der Waals surface area contributed by atoms with Crippen LogP contribution in [-0.2, 0) is 0 Å². The average Bonchev–Trinajstić information content (AvgIpc) is 2.38. The molecule has 0 fully saturated rings. The molecule has 0 aliphatic carbocycles. The van der Waals surface area contributed by atoms with Gasteiger partial charge in [-0.2, -0.15) is 0 Å². The quantitative estimate of drug-likeness (QED) is 0.919. The maximum atomic E-state index is 13.7. The molecule has 0 spiro atoms. The summed E-state index contributed by atoms with van der Waals surface area (Å²) in [5, 5.41) is 0.236. The second-order valence-corrected chi connectivity index (χ2v) is 4.36. The first-order valence-electron chi connectivity index (χ1n) is 5.43. The number of benzene rings is 1. The number of anilines is 2. The van der Waals surface area contributed by atoms with Crippen LogP contribution in [0.25, 0.3) is 0 Å². The van der Waals surface area contributed by atoms with Gasteiger partial charge in [-0.25, -0.2) is 4.39 Å². The zero-order valence-corrected chi connectivity index (χ0v) is 10.9. The lowest BCUT2D eigenvalue weighted by Gasteiger charge is -2.19. The number of rotatable bonds is 2. The SMILES string of the molecule is CN(C(=O)c1ccc(Cl)cc1F)c1ccncc1N. The van der Waals surface area contributed by atoms with Gasteiger partial charge in [0.2, 0.25) is 0 Å². The lowest BCUT2D eigenvalue weighted by atomic mass is 10.1. The molecule has 2 aromatic rings. The topological polar surface area (TPSA) is 59.2 Å². The number of halogens is 2. The van der Waals surface area contributed by atoms with Crippen molar-refractivity contribution < 1.29 is 9.18 Å². The summed E-state index contributed by atoms with van der Waals surface area (Å²) >= 11 is 5.65. The fourth-order valence-corrected chi connectivity index (χ4v) is 1.82. The largest absolute Gasteiger partial charge is 0.396 e. The molecule has 0 bridgehead atoms. The van der Waals surface area contributed by atoms with E-state index in [9.17, 15) is 9.18 Å². The third kappa shape index (κ3) is 2.66. The molecule has 4 nitrogen and oxygen atoms in total. The third-order valence-corrected chi connectivity index (χ3v) is 2.89. The van der Waals surface area contributed by atoms with E-state index in [4.69, 9.17) is 17.3 Å². The van der Waals surface area contributed by atoms with Crippen molar-refractivity contribution in [3.63, 3.8) is 0 Å². The van der Waals surface area contributed by atoms with Gasteiger partial charge in [0.15, 0.2) is 0 Å². The van der Waals surface area contributed by atoms with Crippen LogP contribution in [0.2, 0.25) is 5.02 Å². The number of aromatic nitrogens is 1. The number of carbonyl (C=O) groups excluding carboxylic acids is 1. The number of nitrogens with zero attached hydrogens (tertiary/aromatic N) is 2. The second kappa shape index (κ2) is 5.24. The highest BCUT2D eigenvalue weighted by Crippen LogP contribution is 2.23. The third-order valence-electron chi connectivity index (χ3n) is 2.66. The van der Waals surface area contributed by atoms with Crippen LogP contribution in [0.5, 0.6) is 0 Å². The van der Waals surface area contributed by atoms with Gasteiger partial charge in [-0.15, -0.1) is 0 Å². The summed E-state index contributed by atoms with van der Waals surface area (Å²) in [7, 11) is 1.52. The first-order chi connectivity index (χ1) is 9.00. The normalized spacial score (nSPS) is 10.3. The van der Waals surface area contributed by atoms with E-state index in [0.717, 1.165) is 6.07 Å². The predicted octanol–water partition coefficient (Wildman–Crippen LogP) is 2.73. The maximum absolute atomic E-state index is 13.7. The Bertz CT molecular complexity index is 633. The van der Waals surface area contributed by atoms with E-state index in [1.54, 1.807) is 6.07 Å². The number of hydrogen-bond acceptors (Lipinski definition) is 3. The highest BCUT2D eigenvalue weighted by Gasteiger charge is 2.19. The fraction of sp³-hybridized carbons (Fsp3) is 0.0769. The van der Waals surface area contributed by atoms with Gasteiger partial charge >= 0.3 is 0 Å². The van der Waals surface area contributed by atoms with Gasteiger partial charge in [-0.1, -0.05) is 11.6 Å². The lowest BCUT2D eigenvalue weighted by molar-refractivity contribution is 0.0989. The van der Waals surface area contributed by atoms with E-state index < -0.39 is 11.7 Å². The summed E-state index contributed by atoms with van der Waals surface area (Å²) in [6.45, 7) is 0. The van der Waals surface area contributed by atoms with Crippen LogP contribution < -0.4 is 10.6 Å². The van der Waals surface area contributed by atoms with Crippen LogP contribution in [0.15, 0.2) is 36.7 Å². The molecule has 98 valence electrons. The van der Waals surface area contributed by atoms with Crippen LogP contribution in [0, 0.1) is 5.82 Å². The zero-order chi connectivity index (χ0) is 14.0. The number of carbonyl (C=O) groups is 1. The van der Waals surface area contributed by atoms with Crippen LogP contribution in [0.1, 0.15) is 10.4 Å². The van der Waals surface area contributed by atoms with E-state index in [2.05, 4.69) is 4.98 Å². The van der Waals surface area contributed by atoms with Gasteiger partial charge in [0.25, 0.3) is 5.91 Å². The predicted molar refractivity (Wildman–Crippen MR) is 72.8 cm³/mol. The first-order valence-corrected chi connectivity index (χ1v) is 5.81. The van der Waals surface area contributed by atoms with Gasteiger partial charge in [0.05, 0.1) is 23.1 Å². The Morgan fingerprint density at radius 1 is 1.42 bits per heavy atom. The zero-order valence-electron chi connectivity index (χ0n) is 10.1. The molecule has 0 aliphatic heterocycles.